The second-order valence-corrected chi connectivity index (χ2v) is 7.74. The molecule has 0 aliphatic carbocycles. The Balaban J connectivity index is 1.82. The van der Waals surface area contributed by atoms with Crippen LogP contribution in [0.5, 0.6) is 0 Å². The summed E-state index contributed by atoms with van der Waals surface area (Å²) < 4.78 is 1.22. The third-order valence-electron chi connectivity index (χ3n) is 4.07. The van der Waals surface area contributed by atoms with Gasteiger partial charge in [-0.3, -0.25) is 4.79 Å². The molecule has 6 heteroatoms. The molecule has 2 aromatic rings. The van der Waals surface area contributed by atoms with Crippen LogP contribution in [0.15, 0.2) is 23.1 Å². The number of anilines is 1. The molecule has 1 aliphatic heterocycles. The van der Waals surface area contributed by atoms with Crippen LogP contribution in [-0.4, -0.2) is 49.2 Å². The molecule has 2 heterocycles. The highest BCUT2D eigenvalue weighted by atomic mass is 32.2. The van der Waals surface area contributed by atoms with E-state index < -0.39 is 0 Å². The molecule has 0 N–H and O–H groups in total. The van der Waals surface area contributed by atoms with E-state index in [0.717, 1.165) is 36.6 Å². The topological polar surface area (TPSA) is 36.4 Å². The Kier molecular flexibility index (Phi) is 4.59. The van der Waals surface area contributed by atoms with E-state index in [1.54, 1.807) is 28.0 Å². The number of hydrogen-bond donors (Lipinski definition) is 0. The van der Waals surface area contributed by atoms with Gasteiger partial charge >= 0.3 is 0 Å². The van der Waals surface area contributed by atoms with Crippen molar-refractivity contribution in [1.82, 2.24) is 9.88 Å². The number of rotatable bonds is 3. The van der Waals surface area contributed by atoms with Crippen molar-refractivity contribution in [3.05, 3.63) is 18.2 Å². The Morgan fingerprint density at radius 1 is 1.45 bits per heavy atom. The van der Waals surface area contributed by atoms with E-state index >= 15 is 0 Å². The number of thiazole rings is 1. The first-order valence-corrected chi connectivity index (χ1v) is 9.53. The molecule has 1 unspecified atom stereocenters. The molecule has 1 aliphatic rings. The highest BCUT2D eigenvalue weighted by Crippen LogP contribution is 2.33. The standard InChI is InChI=1S/C16H21N3OS2/c1-18(2)15(20)11-5-4-8-19(10-11)16-17-13-7-6-12(21-3)9-14(13)22-16/h6-7,9,11H,4-5,8,10H2,1-3H3. The molecule has 1 aromatic heterocycles. The monoisotopic (exact) mass is 335 g/mol. The number of benzene rings is 1. The highest BCUT2D eigenvalue weighted by molar-refractivity contribution is 7.98. The average molecular weight is 335 g/mol. The van der Waals surface area contributed by atoms with Gasteiger partial charge in [0, 0.05) is 32.1 Å². The number of piperidine rings is 1. The molecule has 0 radical (unpaired) electrons. The van der Waals surface area contributed by atoms with E-state index in [4.69, 9.17) is 4.98 Å². The quantitative estimate of drug-likeness (QED) is 0.806. The summed E-state index contributed by atoms with van der Waals surface area (Å²) in [5.41, 5.74) is 1.05. The molecular formula is C16H21N3OS2. The minimum atomic E-state index is 0.0949. The number of carbonyl (C=O) groups is 1. The van der Waals surface area contributed by atoms with Gasteiger partial charge in [-0.05, 0) is 37.3 Å². The number of amides is 1. The van der Waals surface area contributed by atoms with Gasteiger partial charge in [0.2, 0.25) is 5.91 Å². The maximum atomic E-state index is 12.2. The van der Waals surface area contributed by atoms with Crippen molar-refractivity contribution in [2.75, 3.05) is 38.3 Å². The molecule has 0 spiro atoms. The normalized spacial score (nSPS) is 18.7. The third kappa shape index (κ3) is 3.08. The van der Waals surface area contributed by atoms with E-state index in [9.17, 15) is 4.79 Å². The average Bonchev–Trinajstić information content (AvgIpc) is 2.97. The molecule has 3 rings (SSSR count). The summed E-state index contributed by atoms with van der Waals surface area (Å²) in [6.07, 6.45) is 4.12. The summed E-state index contributed by atoms with van der Waals surface area (Å²) in [6.45, 7) is 1.78. The second-order valence-electron chi connectivity index (χ2n) is 5.85. The molecule has 22 heavy (non-hydrogen) atoms. The molecule has 118 valence electrons. The number of thioether (sulfide) groups is 1. The summed E-state index contributed by atoms with van der Waals surface area (Å²) >= 11 is 3.48. The van der Waals surface area contributed by atoms with Crippen LogP contribution in [0.4, 0.5) is 5.13 Å². The molecule has 1 atom stereocenters. The SMILES string of the molecule is CSc1ccc2nc(N3CCCC(C(=O)N(C)C)C3)sc2c1. The van der Waals surface area contributed by atoms with Crippen molar-refractivity contribution >= 4 is 44.4 Å². The van der Waals surface area contributed by atoms with Crippen LogP contribution in [0.2, 0.25) is 0 Å². The van der Waals surface area contributed by atoms with Crippen molar-refractivity contribution in [2.45, 2.75) is 17.7 Å². The summed E-state index contributed by atoms with van der Waals surface area (Å²) in [5.74, 6) is 0.327. The molecule has 1 saturated heterocycles. The molecular weight excluding hydrogens is 314 g/mol. The van der Waals surface area contributed by atoms with Crippen LogP contribution in [0.1, 0.15) is 12.8 Å². The minimum Gasteiger partial charge on any atom is -0.349 e. The summed E-state index contributed by atoms with van der Waals surface area (Å²) in [4.78, 5) is 22.2. The van der Waals surface area contributed by atoms with Gasteiger partial charge in [0.05, 0.1) is 16.1 Å². The Morgan fingerprint density at radius 2 is 2.27 bits per heavy atom. The molecule has 4 nitrogen and oxygen atoms in total. The number of fused-ring (bicyclic) bond motifs is 1. The van der Waals surface area contributed by atoms with E-state index in [0.29, 0.717) is 0 Å². The van der Waals surface area contributed by atoms with Gasteiger partial charge in [-0.2, -0.15) is 0 Å². The molecule has 0 saturated carbocycles. The van der Waals surface area contributed by atoms with Crippen LogP contribution >= 0.6 is 23.1 Å². The van der Waals surface area contributed by atoms with Crippen molar-refractivity contribution < 1.29 is 4.79 Å². The van der Waals surface area contributed by atoms with Crippen molar-refractivity contribution in [1.29, 1.82) is 0 Å². The maximum Gasteiger partial charge on any atom is 0.226 e. The first-order valence-electron chi connectivity index (χ1n) is 7.49. The first-order chi connectivity index (χ1) is 10.6. The summed E-state index contributed by atoms with van der Waals surface area (Å²) in [5, 5.41) is 1.05. The lowest BCUT2D eigenvalue weighted by Gasteiger charge is -2.32. The molecule has 1 aromatic carbocycles. The van der Waals surface area contributed by atoms with Gasteiger partial charge in [-0.15, -0.1) is 11.8 Å². The molecule has 1 amide bonds. The minimum absolute atomic E-state index is 0.0949. The first kappa shape index (κ1) is 15.6. The molecule has 1 fully saturated rings. The molecule has 0 bridgehead atoms. The van der Waals surface area contributed by atoms with Crippen molar-refractivity contribution in [3.63, 3.8) is 0 Å². The second kappa shape index (κ2) is 6.46. The van der Waals surface area contributed by atoms with Gasteiger partial charge in [0.15, 0.2) is 5.13 Å². The van der Waals surface area contributed by atoms with E-state index in [2.05, 4.69) is 29.4 Å². The lowest BCUT2D eigenvalue weighted by atomic mass is 9.97. The van der Waals surface area contributed by atoms with Crippen molar-refractivity contribution in [3.8, 4) is 0 Å². The van der Waals surface area contributed by atoms with Gasteiger partial charge < -0.3 is 9.80 Å². The van der Waals surface area contributed by atoms with E-state index in [1.807, 2.05) is 14.1 Å². The van der Waals surface area contributed by atoms with Crippen molar-refractivity contribution in [2.24, 2.45) is 5.92 Å². The van der Waals surface area contributed by atoms with Gasteiger partial charge in [-0.1, -0.05) is 11.3 Å². The van der Waals surface area contributed by atoms with Crippen LogP contribution < -0.4 is 4.90 Å². The zero-order chi connectivity index (χ0) is 15.7. The van der Waals surface area contributed by atoms with Crippen LogP contribution in [0.25, 0.3) is 10.2 Å². The van der Waals surface area contributed by atoms with E-state index in [-0.39, 0.29) is 11.8 Å². The Labute approximate surface area is 139 Å². The summed E-state index contributed by atoms with van der Waals surface area (Å²) in [7, 11) is 3.67. The Morgan fingerprint density at radius 3 is 3.00 bits per heavy atom. The lowest BCUT2D eigenvalue weighted by molar-refractivity contribution is -0.133. The largest absolute Gasteiger partial charge is 0.349 e. The predicted octanol–water partition coefficient (Wildman–Crippen LogP) is 3.32. The van der Waals surface area contributed by atoms with Gasteiger partial charge in [0.1, 0.15) is 0 Å². The zero-order valence-corrected chi connectivity index (χ0v) is 14.8. The fourth-order valence-corrected chi connectivity index (χ4v) is 4.43. The number of aromatic nitrogens is 1. The van der Waals surface area contributed by atoms with Gasteiger partial charge in [0.25, 0.3) is 0 Å². The van der Waals surface area contributed by atoms with Crippen LogP contribution in [0.3, 0.4) is 0 Å². The number of nitrogens with zero attached hydrogens (tertiary/aromatic N) is 3. The smallest absolute Gasteiger partial charge is 0.226 e. The third-order valence-corrected chi connectivity index (χ3v) is 5.87. The Bertz CT molecular complexity index is 683. The van der Waals surface area contributed by atoms with Crippen LogP contribution in [-0.2, 0) is 4.79 Å². The fraction of sp³-hybridized carbons (Fsp3) is 0.500. The maximum absolute atomic E-state index is 12.2. The zero-order valence-electron chi connectivity index (χ0n) is 13.2. The van der Waals surface area contributed by atoms with Gasteiger partial charge in [-0.25, -0.2) is 4.98 Å². The predicted molar refractivity (Wildman–Crippen MR) is 95.0 cm³/mol. The Hall–Kier alpha value is -1.27. The van der Waals surface area contributed by atoms with Crippen LogP contribution in [0, 0.1) is 5.92 Å². The highest BCUT2D eigenvalue weighted by Gasteiger charge is 2.28. The summed E-state index contributed by atoms with van der Waals surface area (Å²) in [6, 6.07) is 6.41. The number of carbonyl (C=O) groups excluding carboxylic acids is 1. The van der Waals surface area contributed by atoms with E-state index in [1.165, 1.54) is 9.60 Å². The number of hydrogen-bond acceptors (Lipinski definition) is 5. The fourth-order valence-electron chi connectivity index (χ4n) is 2.87. The lowest BCUT2D eigenvalue weighted by Crippen LogP contribution is -2.42.